The van der Waals surface area contributed by atoms with Crippen molar-refractivity contribution >= 4 is 23.3 Å². The number of amides is 2. The van der Waals surface area contributed by atoms with Gasteiger partial charge in [-0.3, -0.25) is 0 Å². The number of anilines is 1. The van der Waals surface area contributed by atoms with Crippen LogP contribution in [0.5, 0.6) is 0 Å². The Bertz CT molecular complexity index is 475. The molecule has 104 valence electrons. The Labute approximate surface area is 119 Å². The van der Waals surface area contributed by atoms with Crippen LogP contribution in [0.15, 0.2) is 18.2 Å². The van der Waals surface area contributed by atoms with Crippen molar-refractivity contribution in [1.82, 2.24) is 4.90 Å². The van der Waals surface area contributed by atoms with Gasteiger partial charge in [0.15, 0.2) is 0 Å². The molecule has 1 N–H and O–H groups in total. The smallest absolute Gasteiger partial charge is 0.321 e. The highest BCUT2D eigenvalue weighted by molar-refractivity contribution is 6.20. The van der Waals surface area contributed by atoms with E-state index in [1.807, 2.05) is 12.1 Å². The molecule has 1 aliphatic rings. The Morgan fingerprint density at radius 2 is 2.21 bits per heavy atom. The molecule has 4 heteroatoms. The van der Waals surface area contributed by atoms with Gasteiger partial charge in [-0.25, -0.2) is 4.79 Å². The second kappa shape index (κ2) is 5.83. The highest BCUT2D eigenvalue weighted by Crippen LogP contribution is 2.32. The average Bonchev–Trinajstić information content (AvgIpc) is 2.39. The third-order valence-corrected chi connectivity index (χ3v) is 4.22. The number of carbonyl (C=O) groups is 1. The first kappa shape index (κ1) is 14.2. The second-order valence-electron chi connectivity index (χ2n) is 5.42. The van der Waals surface area contributed by atoms with Crippen LogP contribution in [0.4, 0.5) is 10.5 Å². The summed E-state index contributed by atoms with van der Waals surface area (Å²) >= 11 is 6.49. The lowest BCUT2D eigenvalue weighted by atomic mass is 9.96. The van der Waals surface area contributed by atoms with Gasteiger partial charge in [-0.1, -0.05) is 32.4 Å². The first-order valence-corrected chi connectivity index (χ1v) is 7.24. The number of halogens is 1. The molecular weight excluding hydrogens is 260 g/mol. The predicted octanol–water partition coefficient (Wildman–Crippen LogP) is 4.38. The van der Waals surface area contributed by atoms with Crippen LogP contribution in [0.25, 0.3) is 0 Å². The summed E-state index contributed by atoms with van der Waals surface area (Å²) in [7, 11) is 1.79. The SMILES string of the molecule is CCC(C)CC(Cl)c1ccc2c(c1)CN(C)C(=O)N2. The topological polar surface area (TPSA) is 32.3 Å². The fourth-order valence-corrected chi connectivity index (χ4v) is 2.70. The number of urea groups is 1. The van der Waals surface area contributed by atoms with Crippen LogP contribution in [0.3, 0.4) is 0 Å². The zero-order valence-electron chi connectivity index (χ0n) is 11.7. The molecule has 3 nitrogen and oxygen atoms in total. The summed E-state index contributed by atoms with van der Waals surface area (Å²) in [5.41, 5.74) is 3.18. The van der Waals surface area contributed by atoms with Crippen molar-refractivity contribution < 1.29 is 4.79 Å². The van der Waals surface area contributed by atoms with Gasteiger partial charge in [-0.05, 0) is 29.5 Å². The third-order valence-electron chi connectivity index (χ3n) is 3.79. The van der Waals surface area contributed by atoms with Crippen molar-refractivity contribution in [3.63, 3.8) is 0 Å². The number of fused-ring (bicyclic) bond motifs is 1. The number of nitrogens with one attached hydrogen (secondary N) is 1. The molecule has 2 rings (SSSR count). The normalized spacial score (nSPS) is 17.7. The summed E-state index contributed by atoms with van der Waals surface area (Å²) in [6.07, 6.45) is 2.13. The van der Waals surface area contributed by atoms with Crippen LogP contribution in [-0.4, -0.2) is 18.0 Å². The van der Waals surface area contributed by atoms with E-state index in [0.717, 1.165) is 29.7 Å². The zero-order valence-corrected chi connectivity index (χ0v) is 12.5. The molecule has 2 atom stereocenters. The molecule has 0 aliphatic carbocycles. The Kier molecular flexibility index (Phi) is 4.35. The maximum atomic E-state index is 11.5. The molecule has 0 bridgehead atoms. The lowest BCUT2D eigenvalue weighted by molar-refractivity contribution is 0.218. The van der Waals surface area contributed by atoms with Gasteiger partial charge in [-0.2, -0.15) is 0 Å². The molecule has 0 radical (unpaired) electrons. The second-order valence-corrected chi connectivity index (χ2v) is 5.95. The number of benzene rings is 1. The van der Waals surface area contributed by atoms with Gasteiger partial charge >= 0.3 is 6.03 Å². The highest BCUT2D eigenvalue weighted by atomic mass is 35.5. The maximum absolute atomic E-state index is 11.5. The molecule has 1 aliphatic heterocycles. The minimum absolute atomic E-state index is 0.0446. The molecular formula is C15H21ClN2O. The number of alkyl halides is 1. The summed E-state index contributed by atoms with van der Waals surface area (Å²) in [6.45, 7) is 5.05. The Morgan fingerprint density at radius 3 is 2.89 bits per heavy atom. The fourth-order valence-electron chi connectivity index (χ4n) is 2.26. The number of rotatable bonds is 4. The van der Waals surface area contributed by atoms with Crippen molar-refractivity contribution in [1.29, 1.82) is 0 Å². The molecule has 0 fully saturated rings. The number of hydrogen-bond donors (Lipinski definition) is 1. The third kappa shape index (κ3) is 3.21. The quantitative estimate of drug-likeness (QED) is 0.816. The Hall–Kier alpha value is -1.22. The molecule has 0 spiro atoms. The minimum atomic E-state index is -0.0534. The Morgan fingerprint density at radius 1 is 1.47 bits per heavy atom. The standard InChI is InChI=1S/C15H21ClN2O/c1-4-10(2)7-13(16)11-5-6-14-12(8-11)9-18(3)15(19)17-14/h5-6,8,10,13H,4,7,9H2,1-3H3,(H,17,19). The lowest BCUT2D eigenvalue weighted by Gasteiger charge is -2.27. The van der Waals surface area contributed by atoms with Crippen molar-refractivity contribution in [2.45, 2.75) is 38.6 Å². The van der Waals surface area contributed by atoms with E-state index < -0.39 is 0 Å². The van der Waals surface area contributed by atoms with Crippen molar-refractivity contribution in [3.8, 4) is 0 Å². The van der Waals surface area contributed by atoms with E-state index in [9.17, 15) is 4.79 Å². The number of carbonyl (C=O) groups excluding carboxylic acids is 1. The largest absolute Gasteiger partial charge is 0.323 e. The lowest BCUT2D eigenvalue weighted by Crippen LogP contribution is -2.35. The van der Waals surface area contributed by atoms with Gasteiger partial charge < -0.3 is 10.2 Å². The van der Waals surface area contributed by atoms with Crippen LogP contribution in [0.1, 0.15) is 43.2 Å². The van der Waals surface area contributed by atoms with Crippen molar-refractivity contribution in [2.24, 2.45) is 5.92 Å². The molecule has 1 aromatic carbocycles. The van der Waals surface area contributed by atoms with E-state index in [-0.39, 0.29) is 11.4 Å². The van der Waals surface area contributed by atoms with E-state index >= 15 is 0 Å². The summed E-state index contributed by atoms with van der Waals surface area (Å²) < 4.78 is 0. The number of hydrogen-bond acceptors (Lipinski definition) is 1. The first-order valence-electron chi connectivity index (χ1n) is 6.80. The first-order chi connectivity index (χ1) is 9.01. The van der Waals surface area contributed by atoms with Crippen LogP contribution in [0, 0.1) is 5.92 Å². The molecule has 1 aromatic rings. The van der Waals surface area contributed by atoms with E-state index in [4.69, 9.17) is 11.6 Å². The van der Waals surface area contributed by atoms with Crippen molar-refractivity contribution in [3.05, 3.63) is 29.3 Å². The molecule has 0 aromatic heterocycles. The Balaban J connectivity index is 2.17. The zero-order chi connectivity index (χ0) is 14.0. The molecule has 0 saturated carbocycles. The molecule has 2 amide bonds. The summed E-state index contributed by atoms with van der Waals surface area (Å²) in [5, 5.41) is 2.92. The highest BCUT2D eigenvalue weighted by Gasteiger charge is 2.20. The average molecular weight is 281 g/mol. The number of nitrogens with zero attached hydrogens (tertiary/aromatic N) is 1. The summed E-state index contributed by atoms with van der Waals surface area (Å²) in [5.74, 6) is 0.626. The van der Waals surface area contributed by atoms with E-state index in [2.05, 4.69) is 25.2 Å². The van der Waals surface area contributed by atoms with E-state index in [1.165, 1.54) is 0 Å². The van der Waals surface area contributed by atoms with Gasteiger partial charge in [0.1, 0.15) is 0 Å². The van der Waals surface area contributed by atoms with Crippen LogP contribution in [-0.2, 0) is 6.54 Å². The fraction of sp³-hybridized carbons (Fsp3) is 0.533. The van der Waals surface area contributed by atoms with Gasteiger partial charge in [0, 0.05) is 19.3 Å². The van der Waals surface area contributed by atoms with Crippen LogP contribution < -0.4 is 5.32 Å². The van der Waals surface area contributed by atoms with Gasteiger partial charge in [0.2, 0.25) is 0 Å². The molecule has 0 saturated heterocycles. The van der Waals surface area contributed by atoms with Gasteiger partial charge in [-0.15, -0.1) is 11.6 Å². The van der Waals surface area contributed by atoms with E-state index in [1.54, 1.807) is 11.9 Å². The molecule has 19 heavy (non-hydrogen) atoms. The van der Waals surface area contributed by atoms with Crippen LogP contribution >= 0.6 is 11.6 Å². The van der Waals surface area contributed by atoms with Gasteiger partial charge in [0.05, 0.1) is 5.38 Å². The predicted molar refractivity (Wildman–Crippen MR) is 79.6 cm³/mol. The molecule has 1 heterocycles. The molecule has 2 unspecified atom stereocenters. The monoisotopic (exact) mass is 280 g/mol. The minimum Gasteiger partial charge on any atom is -0.323 e. The summed E-state index contributed by atoms with van der Waals surface area (Å²) in [6, 6.07) is 6.04. The van der Waals surface area contributed by atoms with Crippen molar-refractivity contribution in [2.75, 3.05) is 12.4 Å². The maximum Gasteiger partial charge on any atom is 0.321 e. The van der Waals surface area contributed by atoms with Gasteiger partial charge in [0.25, 0.3) is 0 Å². The van der Waals surface area contributed by atoms with E-state index in [0.29, 0.717) is 12.5 Å². The van der Waals surface area contributed by atoms with Crippen LogP contribution in [0.2, 0.25) is 0 Å². The summed E-state index contributed by atoms with van der Waals surface area (Å²) in [4.78, 5) is 13.2.